The molecule has 0 amide bonds. The molecule has 0 bridgehead atoms. The first-order valence-electron chi connectivity index (χ1n) is 7.14. The number of halogens is 1. The highest BCUT2D eigenvalue weighted by atomic mass is 32.1. The molecule has 0 aliphatic carbocycles. The maximum atomic E-state index is 12.8. The third-order valence-electron chi connectivity index (χ3n) is 3.16. The average molecular weight is 333 g/mol. The van der Waals surface area contributed by atoms with Crippen molar-refractivity contribution in [1.82, 2.24) is 15.1 Å². The van der Waals surface area contributed by atoms with Crippen molar-refractivity contribution in [2.45, 2.75) is 6.54 Å². The Morgan fingerprint density at radius 3 is 2.78 bits per heavy atom. The van der Waals surface area contributed by atoms with Gasteiger partial charge in [0.05, 0.1) is 11.4 Å². The first-order chi connectivity index (χ1) is 11.2. The van der Waals surface area contributed by atoms with Crippen LogP contribution in [0.15, 0.2) is 46.2 Å². The molecule has 0 saturated carbocycles. The number of benzene rings is 1. The average Bonchev–Trinajstić information content (AvgIpc) is 3.20. The summed E-state index contributed by atoms with van der Waals surface area (Å²) in [4.78, 5) is 2.99. The van der Waals surface area contributed by atoms with E-state index < -0.39 is 0 Å². The molecule has 0 unspecified atom stereocenters. The molecule has 0 atom stereocenters. The second-order valence-corrected chi connectivity index (χ2v) is 5.97. The third-order valence-corrected chi connectivity index (χ3v) is 4.02. The number of hydrogen-bond acceptors (Lipinski definition) is 6. The topological polar surface area (TPSA) is 51.4 Å². The predicted octanol–water partition coefficient (Wildman–Crippen LogP) is 3.45. The highest BCUT2D eigenvalue weighted by Gasteiger charge is 2.11. The summed E-state index contributed by atoms with van der Waals surface area (Å²) in [7, 11) is 1.95. The standard InChI is InChI=1S/C16H16FN3O2S/c1-20(8-9-21-13-6-4-12(17)5-7-13)11-15-18-19-16(22-15)14-3-2-10-23-14/h2-7,10H,8-9,11H2,1H3. The van der Waals surface area contributed by atoms with Gasteiger partial charge in [0.2, 0.25) is 5.89 Å². The molecular formula is C16H16FN3O2S. The molecule has 2 aromatic heterocycles. The van der Waals surface area contributed by atoms with Gasteiger partial charge < -0.3 is 9.15 Å². The minimum absolute atomic E-state index is 0.271. The van der Waals surface area contributed by atoms with Crippen LogP contribution in [0.5, 0.6) is 5.75 Å². The molecular weight excluding hydrogens is 317 g/mol. The first kappa shape index (κ1) is 15.6. The van der Waals surface area contributed by atoms with Gasteiger partial charge in [0.15, 0.2) is 0 Å². The van der Waals surface area contributed by atoms with Gasteiger partial charge in [0.1, 0.15) is 18.2 Å². The van der Waals surface area contributed by atoms with Crippen molar-refractivity contribution < 1.29 is 13.5 Å². The van der Waals surface area contributed by atoms with Crippen LogP contribution in [0, 0.1) is 5.82 Å². The van der Waals surface area contributed by atoms with E-state index in [2.05, 4.69) is 10.2 Å². The van der Waals surface area contributed by atoms with E-state index in [1.807, 2.05) is 29.5 Å². The minimum atomic E-state index is -0.271. The Balaban J connectivity index is 1.46. The SMILES string of the molecule is CN(CCOc1ccc(F)cc1)Cc1nnc(-c2cccs2)o1. The fourth-order valence-corrected chi connectivity index (χ4v) is 2.62. The molecule has 0 N–H and O–H groups in total. The summed E-state index contributed by atoms with van der Waals surface area (Å²) < 4.78 is 24.0. The first-order valence-corrected chi connectivity index (χ1v) is 8.02. The number of nitrogens with zero attached hydrogens (tertiary/aromatic N) is 3. The quantitative estimate of drug-likeness (QED) is 0.663. The molecule has 1 aromatic carbocycles. The van der Waals surface area contributed by atoms with Crippen LogP contribution >= 0.6 is 11.3 Å². The zero-order valence-corrected chi connectivity index (χ0v) is 13.4. The van der Waals surface area contributed by atoms with Gasteiger partial charge in [0, 0.05) is 6.54 Å². The number of aromatic nitrogens is 2. The number of ether oxygens (including phenoxy) is 1. The van der Waals surface area contributed by atoms with Gasteiger partial charge in [-0.05, 0) is 42.8 Å². The molecule has 3 aromatic rings. The van der Waals surface area contributed by atoms with Gasteiger partial charge in [-0.25, -0.2) is 4.39 Å². The molecule has 0 aliphatic rings. The van der Waals surface area contributed by atoms with Gasteiger partial charge in [0.25, 0.3) is 5.89 Å². The minimum Gasteiger partial charge on any atom is -0.492 e. The fraction of sp³-hybridized carbons (Fsp3) is 0.250. The zero-order chi connectivity index (χ0) is 16.1. The lowest BCUT2D eigenvalue weighted by Crippen LogP contribution is -2.24. The molecule has 0 aliphatic heterocycles. The number of thiophene rings is 1. The second-order valence-electron chi connectivity index (χ2n) is 5.02. The van der Waals surface area contributed by atoms with Crippen molar-refractivity contribution in [3.05, 3.63) is 53.5 Å². The molecule has 0 fully saturated rings. The lowest BCUT2D eigenvalue weighted by atomic mass is 10.3. The summed E-state index contributed by atoms with van der Waals surface area (Å²) in [5, 5.41) is 10.1. The second kappa shape index (κ2) is 7.34. The molecule has 3 rings (SSSR count). The highest BCUT2D eigenvalue weighted by molar-refractivity contribution is 7.13. The highest BCUT2D eigenvalue weighted by Crippen LogP contribution is 2.23. The summed E-state index contributed by atoms with van der Waals surface area (Å²) in [6.07, 6.45) is 0. The lowest BCUT2D eigenvalue weighted by molar-refractivity contribution is 0.220. The van der Waals surface area contributed by atoms with E-state index in [1.165, 1.54) is 12.1 Å². The summed E-state index contributed by atoms with van der Waals surface area (Å²) in [6, 6.07) is 9.87. The van der Waals surface area contributed by atoms with E-state index in [0.29, 0.717) is 37.2 Å². The third kappa shape index (κ3) is 4.37. The monoisotopic (exact) mass is 333 g/mol. The summed E-state index contributed by atoms with van der Waals surface area (Å²) >= 11 is 1.56. The largest absolute Gasteiger partial charge is 0.492 e. The van der Waals surface area contributed by atoms with Gasteiger partial charge in [-0.1, -0.05) is 6.07 Å². The summed E-state index contributed by atoms with van der Waals surface area (Å²) in [5.74, 6) is 1.49. The van der Waals surface area contributed by atoms with Crippen LogP contribution in [0.3, 0.4) is 0 Å². The van der Waals surface area contributed by atoms with Crippen LogP contribution < -0.4 is 4.74 Å². The van der Waals surface area contributed by atoms with Crippen molar-refractivity contribution in [3.8, 4) is 16.5 Å². The molecule has 2 heterocycles. The van der Waals surface area contributed by atoms with Crippen LogP contribution in [0.25, 0.3) is 10.8 Å². The fourth-order valence-electron chi connectivity index (χ4n) is 1.98. The van der Waals surface area contributed by atoms with Crippen molar-refractivity contribution >= 4 is 11.3 Å². The smallest absolute Gasteiger partial charge is 0.257 e. The molecule has 23 heavy (non-hydrogen) atoms. The van der Waals surface area contributed by atoms with Gasteiger partial charge in [-0.2, -0.15) is 0 Å². The van der Waals surface area contributed by atoms with Crippen molar-refractivity contribution in [2.75, 3.05) is 20.2 Å². The van der Waals surface area contributed by atoms with Crippen molar-refractivity contribution in [1.29, 1.82) is 0 Å². The van der Waals surface area contributed by atoms with Crippen molar-refractivity contribution in [3.63, 3.8) is 0 Å². The van der Waals surface area contributed by atoms with Crippen LogP contribution in [0.2, 0.25) is 0 Å². The van der Waals surface area contributed by atoms with E-state index in [4.69, 9.17) is 9.15 Å². The Bertz CT molecular complexity index is 728. The van der Waals surface area contributed by atoms with E-state index in [0.717, 1.165) is 4.88 Å². The van der Waals surface area contributed by atoms with E-state index in [-0.39, 0.29) is 5.82 Å². The Kier molecular flexibility index (Phi) is 4.99. The van der Waals surface area contributed by atoms with E-state index >= 15 is 0 Å². The van der Waals surface area contributed by atoms with Crippen LogP contribution in [-0.2, 0) is 6.54 Å². The molecule has 0 radical (unpaired) electrons. The number of likely N-dealkylation sites (N-methyl/N-ethyl adjacent to an activating group) is 1. The maximum absolute atomic E-state index is 12.8. The Morgan fingerprint density at radius 2 is 2.04 bits per heavy atom. The Labute approximate surface area is 137 Å². The number of hydrogen-bond donors (Lipinski definition) is 0. The Morgan fingerprint density at radius 1 is 1.22 bits per heavy atom. The zero-order valence-electron chi connectivity index (χ0n) is 12.6. The molecule has 0 saturated heterocycles. The molecule has 120 valence electrons. The molecule has 0 spiro atoms. The van der Waals surface area contributed by atoms with Crippen molar-refractivity contribution in [2.24, 2.45) is 0 Å². The van der Waals surface area contributed by atoms with Crippen LogP contribution in [0.1, 0.15) is 5.89 Å². The van der Waals surface area contributed by atoms with E-state index in [9.17, 15) is 4.39 Å². The van der Waals surface area contributed by atoms with Crippen LogP contribution in [0.4, 0.5) is 4.39 Å². The van der Waals surface area contributed by atoms with Gasteiger partial charge >= 0.3 is 0 Å². The normalized spacial score (nSPS) is 11.1. The Hall–Kier alpha value is -2.25. The number of rotatable bonds is 7. The molecule has 7 heteroatoms. The van der Waals surface area contributed by atoms with Gasteiger partial charge in [-0.3, -0.25) is 4.90 Å². The van der Waals surface area contributed by atoms with Crippen LogP contribution in [-0.4, -0.2) is 35.3 Å². The summed E-state index contributed by atoms with van der Waals surface area (Å²) in [5.41, 5.74) is 0. The maximum Gasteiger partial charge on any atom is 0.257 e. The lowest BCUT2D eigenvalue weighted by Gasteiger charge is -2.14. The summed E-state index contributed by atoms with van der Waals surface area (Å²) in [6.45, 7) is 1.73. The molecule has 5 nitrogen and oxygen atoms in total. The predicted molar refractivity (Wildman–Crippen MR) is 85.8 cm³/mol. The van der Waals surface area contributed by atoms with Gasteiger partial charge in [-0.15, -0.1) is 21.5 Å². The van der Waals surface area contributed by atoms with E-state index in [1.54, 1.807) is 23.5 Å².